The predicted molar refractivity (Wildman–Crippen MR) is 128 cm³/mol. The standard InChI is InChI=1S/C25H30N4O3/c1-29-8-6-17(7-9-29)15-27-25(30)28-21-5-4-18-10-20(16-26-24(18)13-21)19-11-22(31-2)14-23(12-19)32-3/h4-5,10-14,16-17H,6-9,15H2,1-3H3,(H2,27,28,30). The molecule has 3 aromatic rings. The maximum absolute atomic E-state index is 12.3. The minimum Gasteiger partial charge on any atom is -0.497 e. The van der Waals surface area contributed by atoms with Crippen molar-refractivity contribution < 1.29 is 14.3 Å². The number of anilines is 1. The first-order chi connectivity index (χ1) is 15.5. The number of methoxy groups -OCH3 is 2. The highest BCUT2D eigenvalue weighted by Crippen LogP contribution is 2.31. The van der Waals surface area contributed by atoms with Crippen LogP contribution in [0.5, 0.6) is 11.5 Å². The molecule has 1 fully saturated rings. The van der Waals surface area contributed by atoms with Gasteiger partial charge in [-0.3, -0.25) is 4.98 Å². The first kappa shape index (κ1) is 21.9. The Kier molecular flexibility index (Phi) is 6.75. The van der Waals surface area contributed by atoms with Gasteiger partial charge in [0.2, 0.25) is 0 Å². The number of likely N-dealkylation sites (tertiary alicyclic amines) is 1. The molecule has 0 spiro atoms. The zero-order valence-electron chi connectivity index (χ0n) is 18.9. The molecule has 7 heteroatoms. The Morgan fingerprint density at radius 1 is 1.03 bits per heavy atom. The molecule has 0 radical (unpaired) electrons. The maximum atomic E-state index is 12.3. The van der Waals surface area contributed by atoms with E-state index < -0.39 is 0 Å². The van der Waals surface area contributed by atoms with Crippen LogP contribution >= 0.6 is 0 Å². The summed E-state index contributed by atoms with van der Waals surface area (Å²) in [5, 5.41) is 6.92. The van der Waals surface area contributed by atoms with E-state index >= 15 is 0 Å². The number of benzene rings is 2. The molecule has 2 N–H and O–H groups in total. The summed E-state index contributed by atoms with van der Waals surface area (Å²) in [6, 6.07) is 13.4. The normalized spacial score (nSPS) is 14.8. The number of carbonyl (C=O) groups is 1. The summed E-state index contributed by atoms with van der Waals surface area (Å²) in [7, 11) is 5.41. The molecule has 0 bridgehead atoms. The number of fused-ring (bicyclic) bond motifs is 1. The van der Waals surface area contributed by atoms with Gasteiger partial charge in [0.1, 0.15) is 11.5 Å². The number of amides is 2. The molecule has 2 amide bonds. The predicted octanol–water partition coefficient (Wildman–Crippen LogP) is 4.38. The van der Waals surface area contributed by atoms with Crippen molar-refractivity contribution in [3.63, 3.8) is 0 Å². The Balaban J connectivity index is 1.43. The number of nitrogens with one attached hydrogen (secondary N) is 2. The molecule has 2 heterocycles. The Hall–Kier alpha value is -3.32. The zero-order chi connectivity index (χ0) is 22.5. The molecule has 1 saturated heterocycles. The lowest BCUT2D eigenvalue weighted by molar-refractivity contribution is 0.213. The van der Waals surface area contributed by atoms with Gasteiger partial charge in [0.05, 0.1) is 19.7 Å². The van der Waals surface area contributed by atoms with Gasteiger partial charge in [0, 0.05) is 35.4 Å². The third-order valence-electron chi connectivity index (χ3n) is 6.02. The van der Waals surface area contributed by atoms with E-state index in [-0.39, 0.29) is 6.03 Å². The lowest BCUT2D eigenvalue weighted by Gasteiger charge is -2.28. The number of pyridine rings is 1. The van der Waals surface area contributed by atoms with Gasteiger partial charge in [-0.25, -0.2) is 4.79 Å². The molecule has 4 rings (SSSR count). The van der Waals surface area contributed by atoms with E-state index in [1.807, 2.05) is 42.6 Å². The number of carbonyl (C=O) groups excluding carboxylic acids is 1. The summed E-state index contributed by atoms with van der Waals surface area (Å²) in [5.41, 5.74) is 3.47. The van der Waals surface area contributed by atoms with Crippen LogP contribution in [0.1, 0.15) is 12.8 Å². The van der Waals surface area contributed by atoms with Crippen LogP contribution in [0.2, 0.25) is 0 Å². The van der Waals surface area contributed by atoms with Gasteiger partial charge in [-0.1, -0.05) is 6.07 Å². The van der Waals surface area contributed by atoms with E-state index in [9.17, 15) is 4.79 Å². The summed E-state index contributed by atoms with van der Waals surface area (Å²) in [6.07, 6.45) is 4.07. The Bertz CT molecular complexity index is 1070. The van der Waals surface area contributed by atoms with Crippen LogP contribution in [0.3, 0.4) is 0 Å². The van der Waals surface area contributed by atoms with E-state index in [1.165, 1.54) is 0 Å². The molecule has 0 saturated carbocycles. The SMILES string of the molecule is COc1cc(OC)cc(-c2cnc3cc(NC(=O)NCC4CCN(C)CC4)ccc3c2)c1. The average Bonchev–Trinajstić information content (AvgIpc) is 2.83. The lowest BCUT2D eigenvalue weighted by Crippen LogP contribution is -2.38. The number of nitrogens with zero attached hydrogens (tertiary/aromatic N) is 2. The van der Waals surface area contributed by atoms with Gasteiger partial charge >= 0.3 is 6.03 Å². The number of urea groups is 1. The number of aromatic nitrogens is 1. The second kappa shape index (κ2) is 9.87. The summed E-state index contributed by atoms with van der Waals surface area (Å²) in [6.45, 7) is 2.89. The topological polar surface area (TPSA) is 75.7 Å². The van der Waals surface area contributed by atoms with E-state index in [2.05, 4.69) is 33.6 Å². The molecule has 1 aromatic heterocycles. The van der Waals surface area contributed by atoms with Crippen LogP contribution in [-0.2, 0) is 0 Å². The van der Waals surface area contributed by atoms with Crippen LogP contribution in [0, 0.1) is 5.92 Å². The first-order valence-corrected chi connectivity index (χ1v) is 10.9. The van der Waals surface area contributed by atoms with E-state index in [0.717, 1.165) is 65.1 Å². The van der Waals surface area contributed by atoms with Crippen LogP contribution < -0.4 is 20.1 Å². The lowest BCUT2D eigenvalue weighted by atomic mass is 9.97. The van der Waals surface area contributed by atoms with Gasteiger partial charge < -0.3 is 25.0 Å². The van der Waals surface area contributed by atoms with E-state index in [1.54, 1.807) is 14.2 Å². The third kappa shape index (κ3) is 5.29. The minimum atomic E-state index is -0.177. The quantitative estimate of drug-likeness (QED) is 0.602. The number of piperidine rings is 1. The van der Waals surface area contributed by atoms with Crippen LogP contribution in [0.4, 0.5) is 10.5 Å². The molecule has 32 heavy (non-hydrogen) atoms. The Labute approximate surface area is 188 Å². The average molecular weight is 435 g/mol. The first-order valence-electron chi connectivity index (χ1n) is 10.9. The van der Waals surface area contributed by atoms with E-state index in [0.29, 0.717) is 12.5 Å². The van der Waals surface area contributed by atoms with Crippen molar-refractivity contribution in [1.82, 2.24) is 15.2 Å². The van der Waals surface area contributed by atoms with Gasteiger partial charge in [-0.05, 0) is 74.8 Å². The van der Waals surface area contributed by atoms with Crippen LogP contribution in [0.25, 0.3) is 22.0 Å². The number of ether oxygens (including phenoxy) is 2. The maximum Gasteiger partial charge on any atom is 0.319 e. The highest BCUT2D eigenvalue weighted by Gasteiger charge is 2.17. The van der Waals surface area contributed by atoms with Crippen LogP contribution in [-0.4, -0.2) is 56.8 Å². The summed E-state index contributed by atoms with van der Waals surface area (Å²) in [5.74, 6) is 2.00. The molecule has 0 atom stereocenters. The Morgan fingerprint density at radius 2 is 1.75 bits per heavy atom. The molecule has 0 unspecified atom stereocenters. The van der Waals surface area contributed by atoms with Gasteiger partial charge in [0.25, 0.3) is 0 Å². The fourth-order valence-electron chi connectivity index (χ4n) is 4.01. The fraction of sp³-hybridized carbons (Fsp3) is 0.360. The summed E-state index contributed by atoms with van der Waals surface area (Å²) < 4.78 is 10.7. The van der Waals surface area contributed by atoms with Crippen molar-refractivity contribution in [3.8, 4) is 22.6 Å². The van der Waals surface area contributed by atoms with Crippen molar-refractivity contribution in [1.29, 1.82) is 0 Å². The van der Waals surface area contributed by atoms with Crippen molar-refractivity contribution in [2.75, 3.05) is 46.2 Å². The largest absolute Gasteiger partial charge is 0.497 e. The minimum absolute atomic E-state index is 0.177. The van der Waals surface area contributed by atoms with Gasteiger partial charge in [-0.15, -0.1) is 0 Å². The second-order valence-corrected chi connectivity index (χ2v) is 8.31. The molecule has 168 valence electrons. The highest BCUT2D eigenvalue weighted by molar-refractivity contribution is 5.93. The zero-order valence-corrected chi connectivity index (χ0v) is 18.9. The number of hydrogen-bond acceptors (Lipinski definition) is 5. The van der Waals surface area contributed by atoms with E-state index in [4.69, 9.17) is 9.47 Å². The molecular weight excluding hydrogens is 404 g/mol. The molecule has 1 aliphatic heterocycles. The molecule has 0 aliphatic carbocycles. The molecular formula is C25H30N4O3. The Morgan fingerprint density at radius 3 is 2.44 bits per heavy atom. The fourth-order valence-corrected chi connectivity index (χ4v) is 4.01. The smallest absolute Gasteiger partial charge is 0.319 e. The number of rotatable bonds is 6. The van der Waals surface area contributed by atoms with Crippen LogP contribution in [0.15, 0.2) is 48.7 Å². The molecule has 7 nitrogen and oxygen atoms in total. The monoisotopic (exact) mass is 434 g/mol. The van der Waals surface area contributed by atoms with Crippen molar-refractivity contribution in [2.45, 2.75) is 12.8 Å². The molecule has 2 aromatic carbocycles. The molecule has 1 aliphatic rings. The highest BCUT2D eigenvalue weighted by atomic mass is 16.5. The second-order valence-electron chi connectivity index (χ2n) is 8.31. The number of hydrogen-bond donors (Lipinski definition) is 2. The summed E-state index contributed by atoms with van der Waals surface area (Å²) >= 11 is 0. The third-order valence-corrected chi connectivity index (χ3v) is 6.02. The van der Waals surface area contributed by atoms with Gasteiger partial charge in [0.15, 0.2) is 0 Å². The van der Waals surface area contributed by atoms with Crippen molar-refractivity contribution >= 4 is 22.6 Å². The van der Waals surface area contributed by atoms with Gasteiger partial charge in [-0.2, -0.15) is 0 Å². The van der Waals surface area contributed by atoms with Crippen molar-refractivity contribution in [2.24, 2.45) is 5.92 Å². The summed E-state index contributed by atoms with van der Waals surface area (Å²) in [4.78, 5) is 19.3. The van der Waals surface area contributed by atoms with Crippen molar-refractivity contribution in [3.05, 3.63) is 48.7 Å².